The lowest BCUT2D eigenvalue weighted by molar-refractivity contribution is -0.394. The van der Waals surface area contributed by atoms with Gasteiger partial charge in [-0.05, 0) is 20.8 Å². The number of hydrogen-bond acceptors (Lipinski definition) is 4. The van der Waals surface area contributed by atoms with E-state index in [1.807, 2.05) is 0 Å². The molecule has 4 heteroatoms. The summed E-state index contributed by atoms with van der Waals surface area (Å²) in [6.45, 7) is 4.39. The van der Waals surface area contributed by atoms with Crippen molar-refractivity contribution < 1.29 is 19.4 Å². The first-order valence-corrected chi connectivity index (χ1v) is 3.22. The van der Waals surface area contributed by atoms with E-state index in [-0.39, 0.29) is 5.57 Å². The van der Waals surface area contributed by atoms with E-state index in [1.165, 1.54) is 20.8 Å². The van der Waals surface area contributed by atoms with Gasteiger partial charge in [0.2, 0.25) is 0 Å². The molecule has 1 rings (SSSR count). The summed E-state index contributed by atoms with van der Waals surface area (Å²) in [5, 5.41) is 10.9. The Morgan fingerprint density at radius 3 is 2.36 bits per heavy atom. The van der Waals surface area contributed by atoms with Crippen LogP contribution in [-0.2, 0) is 14.3 Å². The van der Waals surface area contributed by atoms with Gasteiger partial charge in [0.15, 0.2) is 5.79 Å². The third-order valence-corrected chi connectivity index (χ3v) is 1.29. The van der Waals surface area contributed by atoms with Crippen LogP contribution in [0.5, 0.6) is 0 Å². The van der Waals surface area contributed by atoms with Crippen molar-refractivity contribution in [2.45, 2.75) is 26.6 Å². The van der Waals surface area contributed by atoms with Crippen LogP contribution in [0.3, 0.4) is 0 Å². The molecule has 0 radical (unpaired) electrons. The predicted molar refractivity (Wildman–Crippen MR) is 34.0 cm³/mol. The highest BCUT2D eigenvalue weighted by Crippen LogP contribution is 2.22. The van der Waals surface area contributed by atoms with Crippen LogP contribution >= 0.6 is 0 Å². The highest BCUT2D eigenvalue weighted by atomic mass is 16.8. The Kier molecular flexibility index (Phi) is 1.55. The molecule has 0 fully saturated rings. The Morgan fingerprint density at radius 1 is 1.36 bits per heavy atom. The fraction of sp³-hybridized carbons (Fsp3) is 0.571. The zero-order valence-electron chi connectivity index (χ0n) is 6.63. The molecule has 11 heavy (non-hydrogen) atoms. The van der Waals surface area contributed by atoms with Gasteiger partial charge in [-0.15, -0.1) is 0 Å². The minimum atomic E-state index is -1.12. The van der Waals surface area contributed by atoms with Crippen molar-refractivity contribution in [3.8, 4) is 0 Å². The number of carbonyl (C=O) groups is 1. The maximum atomic E-state index is 10.9. The highest BCUT2D eigenvalue weighted by molar-refractivity contribution is 5.88. The monoisotopic (exact) mass is 157 g/mol. The van der Waals surface area contributed by atoms with Crippen LogP contribution in [0.2, 0.25) is 0 Å². The third kappa shape index (κ3) is 1.45. The van der Waals surface area contributed by atoms with Crippen molar-refractivity contribution in [1.82, 2.24) is 0 Å². The van der Waals surface area contributed by atoms with Crippen molar-refractivity contribution in [2.75, 3.05) is 0 Å². The van der Waals surface area contributed by atoms with Gasteiger partial charge in [0, 0.05) is 0 Å². The summed E-state index contributed by atoms with van der Waals surface area (Å²) in [5.74, 6) is -2.33. The number of cyclic esters (lactones) is 1. The molecule has 0 bridgehead atoms. The second kappa shape index (κ2) is 2.15. The predicted octanol–water partition coefficient (Wildman–Crippen LogP) is -0.112. The molecule has 1 aliphatic rings. The van der Waals surface area contributed by atoms with Crippen LogP contribution in [0.25, 0.3) is 0 Å². The summed E-state index contributed by atoms with van der Waals surface area (Å²) in [4.78, 5) is 10.9. The summed E-state index contributed by atoms with van der Waals surface area (Å²) >= 11 is 0. The Labute approximate surface area is 64.4 Å². The Balaban J connectivity index is 2.94. The quantitative estimate of drug-likeness (QED) is 0.460. The van der Waals surface area contributed by atoms with E-state index in [0.717, 1.165) is 0 Å². The van der Waals surface area contributed by atoms with Crippen molar-refractivity contribution >= 4 is 5.97 Å². The number of rotatable bonds is 0. The van der Waals surface area contributed by atoms with Gasteiger partial charge >= 0.3 is 5.97 Å². The lowest BCUT2D eigenvalue weighted by atomic mass is 10.3. The fourth-order valence-corrected chi connectivity index (χ4v) is 0.704. The molecule has 62 valence electrons. The second-order valence-electron chi connectivity index (χ2n) is 2.80. The van der Waals surface area contributed by atoms with Gasteiger partial charge in [0.25, 0.3) is 0 Å². The van der Waals surface area contributed by atoms with Gasteiger partial charge in [-0.3, -0.25) is 0 Å². The molecule has 1 heterocycles. The molecule has 0 saturated heterocycles. The summed E-state index contributed by atoms with van der Waals surface area (Å²) in [5.41, 5.74) is -0.00988. The molecule has 0 amide bonds. The molecular formula is C7H9O4-. The number of carbonyl (C=O) groups excluding carboxylic acids is 1. The van der Waals surface area contributed by atoms with E-state index in [2.05, 4.69) is 0 Å². The van der Waals surface area contributed by atoms with Crippen molar-refractivity contribution in [3.05, 3.63) is 11.5 Å². The molecule has 0 aliphatic carbocycles. The summed E-state index contributed by atoms with van der Waals surface area (Å²) in [7, 11) is 0. The molecule has 0 aromatic rings. The second-order valence-corrected chi connectivity index (χ2v) is 2.80. The van der Waals surface area contributed by atoms with Crippen molar-refractivity contribution in [2.24, 2.45) is 0 Å². The fourth-order valence-electron chi connectivity index (χ4n) is 0.704. The zero-order valence-corrected chi connectivity index (χ0v) is 6.63. The summed E-state index contributed by atoms with van der Waals surface area (Å²) in [6.07, 6.45) is 0. The maximum absolute atomic E-state index is 10.9. The standard InChI is InChI=1S/C7H10O4/c1-4-5(8)10-7(2,3)11-6(4)9/h8H,1-3H3/p-1. The van der Waals surface area contributed by atoms with Gasteiger partial charge in [-0.2, -0.15) is 0 Å². The molecule has 0 spiro atoms. The number of hydrogen-bond donors (Lipinski definition) is 0. The molecule has 0 unspecified atom stereocenters. The molecule has 0 aromatic heterocycles. The van der Waals surface area contributed by atoms with Crippen LogP contribution in [-0.4, -0.2) is 11.8 Å². The lowest BCUT2D eigenvalue weighted by Gasteiger charge is -2.38. The van der Waals surface area contributed by atoms with Gasteiger partial charge in [0.05, 0.1) is 11.5 Å². The normalized spacial score (nSPS) is 22.6. The van der Waals surface area contributed by atoms with E-state index < -0.39 is 17.7 Å². The van der Waals surface area contributed by atoms with Crippen LogP contribution in [0.1, 0.15) is 20.8 Å². The van der Waals surface area contributed by atoms with Crippen molar-refractivity contribution in [1.29, 1.82) is 0 Å². The number of esters is 1. The molecular weight excluding hydrogens is 148 g/mol. The molecule has 0 aromatic carbocycles. The van der Waals surface area contributed by atoms with E-state index in [0.29, 0.717) is 0 Å². The Hall–Kier alpha value is -1.19. The van der Waals surface area contributed by atoms with Crippen LogP contribution in [0.4, 0.5) is 0 Å². The van der Waals surface area contributed by atoms with E-state index in [9.17, 15) is 9.90 Å². The summed E-state index contributed by atoms with van der Waals surface area (Å²) < 4.78 is 9.47. The average molecular weight is 157 g/mol. The topological polar surface area (TPSA) is 58.6 Å². The molecule has 0 atom stereocenters. The van der Waals surface area contributed by atoms with Gasteiger partial charge in [0.1, 0.15) is 0 Å². The molecule has 0 saturated carbocycles. The molecule has 0 N–H and O–H groups in total. The van der Waals surface area contributed by atoms with Crippen LogP contribution < -0.4 is 5.11 Å². The highest BCUT2D eigenvalue weighted by Gasteiger charge is 2.26. The van der Waals surface area contributed by atoms with E-state index in [4.69, 9.17) is 9.47 Å². The summed E-state index contributed by atoms with van der Waals surface area (Å²) in [6, 6.07) is 0. The van der Waals surface area contributed by atoms with Gasteiger partial charge in [-0.1, -0.05) is 0 Å². The van der Waals surface area contributed by atoms with E-state index in [1.54, 1.807) is 0 Å². The van der Waals surface area contributed by atoms with Gasteiger partial charge in [-0.25, -0.2) is 4.79 Å². The Bertz CT molecular complexity index is 227. The lowest BCUT2D eigenvalue weighted by Crippen LogP contribution is -2.39. The minimum absolute atomic E-state index is 0.00988. The van der Waals surface area contributed by atoms with E-state index >= 15 is 0 Å². The molecule has 4 nitrogen and oxygen atoms in total. The molecule has 1 aliphatic heterocycles. The van der Waals surface area contributed by atoms with Crippen LogP contribution in [0.15, 0.2) is 11.5 Å². The SMILES string of the molecule is CC1=C([O-])OC(C)(C)OC1=O. The van der Waals surface area contributed by atoms with Crippen LogP contribution in [0, 0.1) is 0 Å². The first-order chi connectivity index (χ1) is 4.92. The largest absolute Gasteiger partial charge is 0.575 e. The maximum Gasteiger partial charge on any atom is 0.336 e. The third-order valence-electron chi connectivity index (χ3n) is 1.29. The minimum Gasteiger partial charge on any atom is -0.575 e. The zero-order chi connectivity index (χ0) is 8.65. The van der Waals surface area contributed by atoms with Crippen molar-refractivity contribution in [3.63, 3.8) is 0 Å². The van der Waals surface area contributed by atoms with Gasteiger partial charge < -0.3 is 14.6 Å². The average Bonchev–Trinajstić information content (AvgIpc) is 1.81. The first-order valence-electron chi connectivity index (χ1n) is 3.22. The smallest absolute Gasteiger partial charge is 0.336 e. The first kappa shape index (κ1) is 7.91. The Morgan fingerprint density at radius 2 is 1.91 bits per heavy atom. The number of ether oxygens (including phenoxy) is 2.